The molecule has 1 aromatic heterocycles. The highest BCUT2D eigenvalue weighted by Crippen LogP contribution is 2.29. The molecular weight excluding hydrogens is 233 g/mol. The van der Waals surface area contributed by atoms with Gasteiger partial charge in [-0.2, -0.15) is 18.3 Å². The minimum atomic E-state index is -4.38. The molecule has 1 N–H and O–H groups in total. The van der Waals surface area contributed by atoms with E-state index in [9.17, 15) is 18.3 Å². The van der Waals surface area contributed by atoms with E-state index in [2.05, 4.69) is 5.10 Å². The normalized spacial score (nSPS) is 25.4. The van der Waals surface area contributed by atoms with Crippen molar-refractivity contribution < 1.29 is 18.3 Å². The topological polar surface area (TPSA) is 38.0 Å². The summed E-state index contributed by atoms with van der Waals surface area (Å²) in [6, 6.07) is 0.977. The second-order valence-corrected chi connectivity index (χ2v) is 4.51. The molecule has 1 fully saturated rings. The van der Waals surface area contributed by atoms with Crippen LogP contribution in [0.4, 0.5) is 13.2 Å². The van der Waals surface area contributed by atoms with Gasteiger partial charge in [0.1, 0.15) is 0 Å². The van der Waals surface area contributed by atoms with Crippen LogP contribution in [0.2, 0.25) is 0 Å². The lowest BCUT2D eigenvalue weighted by molar-refractivity contribution is -0.141. The van der Waals surface area contributed by atoms with Crippen molar-refractivity contribution in [3.8, 4) is 0 Å². The van der Waals surface area contributed by atoms with E-state index in [4.69, 9.17) is 0 Å². The number of hydrogen-bond acceptors (Lipinski definition) is 2. The summed E-state index contributed by atoms with van der Waals surface area (Å²) in [5.41, 5.74) is -0.857. The molecule has 2 unspecified atom stereocenters. The fraction of sp³-hybridized carbons (Fsp3) is 0.727. The van der Waals surface area contributed by atoms with Gasteiger partial charge in [-0.15, -0.1) is 0 Å². The Kier molecular flexibility index (Phi) is 3.42. The van der Waals surface area contributed by atoms with E-state index in [0.717, 1.165) is 25.3 Å². The highest BCUT2D eigenvalue weighted by atomic mass is 19.4. The number of hydrogen-bond donors (Lipinski definition) is 1. The van der Waals surface area contributed by atoms with Crippen molar-refractivity contribution in [3.63, 3.8) is 0 Å². The summed E-state index contributed by atoms with van der Waals surface area (Å²) in [4.78, 5) is 0. The van der Waals surface area contributed by atoms with E-state index in [1.54, 1.807) is 0 Å². The summed E-state index contributed by atoms with van der Waals surface area (Å²) in [7, 11) is 0. The molecule has 6 heteroatoms. The van der Waals surface area contributed by atoms with Crippen LogP contribution < -0.4 is 0 Å². The van der Waals surface area contributed by atoms with Crippen LogP contribution in [0.1, 0.15) is 31.4 Å². The van der Waals surface area contributed by atoms with Gasteiger partial charge in [0.2, 0.25) is 0 Å². The second kappa shape index (κ2) is 4.68. The molecule has 0 spiro atoms. The van der Waals surface area contributed by atoms with Gasteiger partial charge in [0, 0.05) is 12.7 Å². The zero-order chi connectivity index (χ0) is 12.5. The number of nitrogens with zero attached hydrogens (tertiary/aromatic N) is 2. The van der Waals surface area contributed by atoms with E-state index in [0.29, 0.717) is 13.0 Å². The van der Waals surface area contributed by atoms with Crippen LogP contribution in [0.5, 0.6) is 0 Å². The van der Waals surface area contributed by atoms with Crippen LogP contribution in [0.15, 0.2) is 12.3 Å². The van der Waals surface area contributed by atoms with Crippen LogP contribution in [0.25, 0.3) is 0 Å². The Morgan fingerprint density at radius 3 is 2.71 bits per heavy atom. The van der Waals surface area contributed by atoms with Crippen molar-refractivity contribution >= 4 is 0 Å². The molecule has 1 heterocycles. The lowest BCUT2D eigenvalue weighted by Crippen LogP contribution is -2.16. The van der Waals surface area contributed by atoms with E-state index in [1.807, 2.05) is 0 Å². The average molecular weight is 248 g/mol. The van der Waals surface area contributed by atoms with Gasteiger partial charge in [-0.3, -0.25) is 4.68 Å². The van der Waals surface area contributed by atoms with E-state index in [-0.39, 0.29) is 12.0 Å². The Morgan fingerprint density at radius 1 is 1.41 bits per heavy atom. The number of aliphatic hydroxyl groups is 1. The smallest absolute Gasteiger partial charge is 0.393 e. The van der Waals surface area contributed by atoms with Crippen LogP contribution in [-0.4, -0.2) is 21.0 Å². The van der Waals surface area contributed by atoms with Gasteiger partial charge in [0.05, 0.1) is 6.10 Å². The fourth-order valence-corrected chi connectivity index (χ4v) is 2.29. The first kappa shape index (κ1) is 12.4. The van der Waals surface area contributed by atoms with Crippen molar-refractivity contribution in [2.45, 2.75) is 44.5 Å². The van der Waals surface area contributed by atoms with Crippen LogP contribution in [0.3, 0.4) is 0 Å². The van der Waals surface area contributed by atoms with Gasteiger partial charge in [-0.05, 0) is 31.2 Å². The SMILES string of the molecule is OC1CCCC1CCn1ccc(C(F)(F)F)n1. The molecule has 1 aliphatic carbocycles. The zero-order valence-electron chi connectivity index (χ0n) is 9.32. The number of aromatic nitrogens is 2. The molecule has 96 valence electrons. The largest absolute Gasteiger partial charge is 0.435 e. The number of halogens is 3. The maximum absolute atomic E-state index is 12.3. The molecule has 0 aliphatic heterocycles. The third kappa shape index (κ3) is 3.00. The van der Waals surface area contributed by atoms with E-state index in [1.165, 1.54) is 10.9 Å². The van der Waals surface area contributed by atoms with Crippen LogP contribution in [-0.2, 0) is 12.7 Å². The summed E-state index contributed by atoms with van der Waals surface area (Å²) in [5, 5.41) is 13.1. The van der Waals surface area contributed by atoms with Gasteiger partial charge >= 0.3 is 6.18 Å². The molecular formula is C11H15F3N2O. The van der Waals surface area contributed by atoms with E-state index >= 15 is 0 Å². The molecule has 0 bridgehead atoms. The standard InChI is InChI=1S/C11H15F3N2O/c12-11(13,14)10-5-7-16(15-10)6-4-8-2-1-3-9(8)17/h5,7-9,17H,1-4,6H2. The first-order chi connectivity index (χ1) is 7.97. The molecule has 17 heavy (non-hydrogen) atoms. The second-order valence-electron chi connectivity index (χ2n) is 4.51. The quantitative estimate of drug-likeness (QED) is 0.892. The Bertz CT molecular complexity index is 375. The molecule has 0 radical (unpaired) electrons. The van der Waals surface area contributed by atoms with Gasteiger partial charge in [-0.25, -0.2) is 0 Å². The first-order valence-electron chi connectivity index (χ1n) is 5.75. The van der Waals surface area contributed by atoms with Crippen molar-refractivity contribution in [2.24, 2.45) is 5.92 Å². The number of aryl methyl sites for hydroxylation is 1. The van der Waals surface area contributed by atoms with E-state index < -0.39 is 11.9 Å². The fourth-order valence-electron chi connectivity index (χ4n) is 2.29. The van der Waals surface area contributed by atoms with Gasteiger partial charge in [-0.1, -0.05) is 6.42 Å². The highest BCUT2D eigenvalue weighted by Gasteiger charge is 2.33. The minimum absolute atomic E-state index is 0.202. The summed E-state index contributed by atoms with van der Waals surface area (Å²) in [6.07, 6.45) is 0.0977. The predicted molar refractivity (Wildman–Crippen MR) is 55.2 cm³/mol. The molecule has 1 aliphatic rings. The maximum Gasteiger partial charge on any atom is 0.435 e. The molecule has 1 saturated carbocycles. The summed E-state index contributed by atoms with van der Waals surface area (Å²) < 4.78 is 38.2. The molecule has 1 aromatic rings. The Labute approximate surface area is 97.2 Å². The predicted octanol–water partition coefficient (Wildman–Crippen LogP) is 2.45. The first-order valence-corrected chi connectivity index (χ1v) is 5.75. The van der Waals surface area contributed by atoms with Gasteiger partial charge in [0.25, 0.3) is 0 Å². The van der Waals surface area contributed by atoms with Crippen molar-refractivity contribution in [1.82, 2.24) is 9.78 Å². The number of aliphatic hydroxyl groups excluding tert-OH is 1. The Balaban J connectivity index is 1.89. The summed E-state index contributed by atoms with van der Waals surface area (Å²) >= 11 is 0. The maximum atomic E-state index is 12.3. The molecule has 0 amide bonds. The number of alkyl halides is 3. The third-order valence-corrected chi connectivity index (χ3v) is 3.28. The molecule has 2 atom stereocenters. The molecule has 0 aromatic carbocycles. The average Bonchev–Trinajstić information content (AvgIpc) is 2.82. The van der Waals surface area contributed by atoms with Crippen molar-refractivity contribution in [3.05, 3.63) is 18.0 Å². The lowest BCUT2D eigenvalue weighted by Gasteiger charge is -2.13. The molecule has 0 saturated heterocycles. The molecule has 2 rings (SSSR count). The third-order valence-electron chi connectivity index (χ3n) is 3.28. The minimum Gasteiger partial charge on any atom is -0.393 e. The summed E-state index contributed by atoms with van der Waals surface area (Å²) in [6.45, 7) is 0.428. The van der Waals surface area contributed by atoms with Crippen molar-refractivity contribution in [2.75, 3.05) is 0 Å². The van der Waals surface area contributed by atoms with Gasteiger partial charge < -0.3 is 5.11 Å². The Hall–Kier alpha value is -1.04. The number of rotatable bonds is 3. The van der Waals surface area contributed by atoms with Crippen LogP contribution in [0, 0.1) is 5.92 Å². The monoisotopic (exact) mass is 248 g/mol. The lowest BCUT2D eigenvalue weighted by atomic mass is 10.0. The summed E-state index contributed by atoms with van der Waals surface area (Å²) in [5.74, 6) is 0.202. The van der Waals surface area contributed by atoms with Crippen LogP contribution >= 0.6 is 0 Å². The Morgan fingerprint density at radius 2 is 2.18 bits per heavy atom. The van der Waals surface area contributed by atoms with Crippen molar-refractivity contribution in [1.29, 1.82) is 0 Å². The highest BCUT2D eigenvalue weighted by molar-refractivity contribution is 5.03. The zero-order valence-corrected chi connectivity index (χ0v) is 9.32. The van der Waals surface area contributed by atoms with Gasteiger partial charge in [0.15, 0.2) is 5.69 Å². The molecule has 3 nitrogen and oxygen atoms in total.